The zero-order valence-corrected chi connectivity index (χ0v) is 9.04. The Labute approximate surface area is 90.1 Å². The molecule has 0 amide bonds. The van der Waals surface area contributed by atoms with Crippen LogP contribution in [0.4, 0.5) is 0 Å². The predicted molar refractivity (Wildman–Crippen MR) is 53.8 cm³/mol. The molecule has 4 heteroatoms. The van der Waals surface area contributed by atoms with Gasteiger partial charge in [-0.25, -0.2) is 0 Å². The molecule has 2 aliphatic rings. The van der Waals surface area contributed by atoms with Crippen molar-refractivity contribution in [2.24, 2.45) is 0 Å². The molecule has 14 heavy (non-hydrogen) atoms. The topological polar surface area (TPSA) is 31.0 Å². The summed E-state index contributed by atoms with van der Waals surface area (Å²) in [5, 5.41) is 0. The number of ether oxygens (including phenoxy) is 3. The molecule has 0 bridgehead atoms. The fourth-order valence-electron chi connectivity index (χ4n) is 1.56. The van der Waals surface area contributed by atoms with Crippen LogP contribution >= 0.6 is 15.9 Å². The number of halogens is 1. The summed E-state index contributed by atoms with van der Waals surface area (Å²) in [7, 11) is 0. The molecule has 1 fully saturated rings. The van der Waals surface area contributed by atoms with Crippen LogP contribution in [0.3, 0.4) is 0 Å². The van der Waals surface area contributed by atoms with Crippen LogP contribution in [0, 0.1) is 0 Å². The molecular weight excluding hydrogens is 248 g/mol. The van der Waals surface area contributed by atoms with Crippen LogP contribution in [-0.4, -0.2) is 19.8 Å². The quantitative estimate of drug-likeness (QED) is 0.723. The highest BCUT2D eigenvalue weighted by Crippen LogP contribution is 2.42. The van der Waals surface area contributed by atoms with Crippen LogP contribution in [0.15, 0.2) is 16.6 Å². The molecule has 1 aromatic rings. The van der Waals surface area contributed by atoms with Gasteiger partial charge >= 0.3 is 0 Å². The van der Waals surface area contributed by atoms with Gasteiger partial charge in [-0.1, -0.05) is 0 Å². The Morgan fingerprint density at radius 3 is 2.79 bits per heavy atom. The largest absolute Gasteiger partial charge is 0.486 e. The van der Waals surface area contributed by atoms with Crippen LogP contribution in [0.25, 0.3) is 0 Å². The molecule has 1 aromatic carbocycles. The van der Waals surface area contributed by atoms with Crippen molar-refractivity contribution in [2.75, 3.05) is 19.8 Å². The zero-order chi connectivity index (χ0) is 9.54. The van der Waals surface area contributed by atoms with E-state index in [1.807, 2.05) is 12.1 Å². The third kappa shape index (κ3) is 1.38. The third-order valence-corrected chi connectivity index (χ3v) is 2.91. The lowest BCUT2D eigenvalue weighted by Gasteiger charge is -2.20. The van der Waals surface area contributed by atoms with Gasteiger partial charge in [0.05, 0.1) is 11.1 Å². The standard InChI is InChI=1S/C10H9BrO3/c11-7-3-6(9-5-14-9)4-8-10(7)13-2-1-12-8/h3-4,9H,1-2,5H2/t9-/m0/s1. The number of benzene rings is 1. The van der Waals surface area contributed by atoms with Crippen LogP contribution in [-0.2, 0) is 4.74 Å². The smallest absolute Gasteiger partial charge is 0.175 e. The minimum absolute atomic E-state index is 0.252. The Kier molecular flexibility index (Phi) is 1.92. The van der Waals surface area contributed by atoms with Gasteiger partial charge in [-0.2, -0.15) is 0 Å². The maximum absolute atomic E-state index is 5.51. The lowest BCUT2D eigenvalue weighted by Crippen LogP contribution is -2.15. The van der Waals surface area contributed by atoms with Crippen molar-refractivity contribution in [3.05, 3.63) is 22.2 Å². The van der Waals surface area contributed by atoms with Crippen molar-refractivity contribution in [3.8, 4) is 11.5 Å². The minimum Gasteiger partial charge on any atom is -0.486 e. The number of epoxide rings is 1. The monoisotopic (exact) mass is 256 g/mol. The maximum atomic E-state index is 5.51. The molecular formula is C10H9BrO3. The Balaban J connectivity index is 2.06. The van der Waals surface area contributed by atoms with Crippen molar-refractivity contribution in [3.63, 3.8) is 0 Å². The van der Waals surface area contributed by atoms with Gasteiger partial charge in [-0.15, -0.1) is 0 Å². The Hall–Kier alpha value is -0.740. The van der Waals surface area contributed by atoms with Crippen LogP contribution in [0.2, 0.25) is 0 Å². The van der Waals surface area contributed by atoms with Gasteiger partial charge in [0.2, 0.25) is 0 Å². The summed E-state index contributed by atoms with van der Waals surface area (Å²) in [6.07, 6.45) is 0.252. The van der Waals surface area contributed by atoms with Gasteiger partial charge in [0.15, 0.2) is 11.5 Å². The molecule has 0 saturated carbocycles. The van der Waals surface area contributed by atoms with E-state index in [1.165, 1.54) is 0 Å². The van der Waals surface area contributed by atoms with Crippen LogP contribution in [0.1, 0.15) is 11.7 Å². The molecule has 0 N–H and O–H groups in total. The van der Waals surface area contributed by atoms with Gasteiger partial charge in [0.25, 0.3) is 0 Å². The molecule has 2 aliphatic heterocycles. The Morgan fingerprint density at radius 2 is 2.00 bits per heavy atom. The molecule has 74 valence electrons. The molecule has 3 nitrogen and oxygen atoms in total. The first-order valence-corrected chi connectivity index (χ1v) is 5.34. The van der Waals surface area contributed by atoms with Gasteiger partial charge < -0.3 is 14.2 Å². The van der Waals surface area contributed by atoms with E-state index in [9.17, 15) is 0 Å². The zero-order valence-electron chi connectivity index (χ0n) is 7.46. The van der Waals surface area contributed by atoms with Crippen LogP contribution in [0.5, 0.6) is 11.5 Å². The summed E-state index contributed by atoms with van der Waals surface area (Å²) >= 11 is 3.47. The highest BCUT2D eigenvalue weighted by Gasteiger charge is 2.27. The van der Waals surface area contributed by atoms with Crippen molar-refractivity contribution in [1.29, 1.82) is 0 Å². The average molecular weight is 257 g/mol. The lowest BCUT2D eigenvalue weighted by atomic mass is 10.1. The summed E-state index contributed by atoms with van der Waals surface area (Å²) in [6.45, 7) is 2.05. The lowest BCUT2D eigenvalue weighted by molar-refractivity contribution is 0.170. The maximum Gasteiger partial charge on any atom is 0.175 e. The molecule has 0 aliphatic carbocycles. The normalized spacial score (nSPS) is 23.4. The molecule has 0 aromatic heterocycles. The molecule has 3 rings (SSSR count). The molecule has 0 spiro atoms. The first-order chi connectivity index (χ1) is 6.84. The number of hydrogen-bond donors (Lipinski definition) is 0. The molecule has 0 radical (unpaired) electrons. The highest BCUT2D eigenvalue weighted by molar-refractivity contribution is 9.10. The van der Waals surface area contributed by atoms with E-state index in [2.05, 4.69) is 15.9 Å². The van der Waals surface area contributed by atoms with E-state index < -0.39 is 0 Å². The Bertz CT molecular complexity index is 374. The highest BCUT2D eigenvalue weighted by atomic mass is 79.9. The molecule has 1 atom stereocenters. The molecule has 0 unspecified atom stereocenters. The summed E-state index contributed by atoms with van der Waals surface area (Å²) < 4.78 is 17.2. The average Bonchev–Trinajstić information content (AvgIpc) is 3.01. The first-order valence-electron chi connectivity index (χ1n) is 4.55. The fourth-order valence-corrected chi connectivity index (χ4v) is 2.13. The van der Waals surface area contributed by atoms with Crippen molar-refractivity contribution < 1.29 is 14.2 Å². The third-order valence-electron chi connectivity index (χ3n) is 2.32. The van der Waals surface area contributed by atoms with Crippen LogP contribution < -0.4 is 9.47 Å². The Morgan fingerprint density at radius 1 is 1.21 bits per heavy atom. The van der Waals surface area contributed by atoms with Crippen molar-refractivity contribution in [2.45, 2.75) is 6.10 Å². The van der Waals surface area contributed by atoms with E-state index in [4.69, 9.17) is 14.2 Å². The second kappa shape index (κ2) is 3.14. The number of rotatable bonds is 1. The summed E-state index contributed by atoms with van der Waals surface area (Å²) in [5.74, 6) is 1.62. The second-order valence-corrected chi connectivity index (χ2v) is 4.20. The van der Waals surface area contributed by atoms with Gasteiger partial charge in [-0.05, 0) is 33.6 Å². The second-order valence-electron chi connectivity index (χ2n) is 3.35. The van der Waals surface area contributed by atoms with Crippen molar-refractivity contribution in [1.82, 2.24) is 0 Å². The van der Waals surface area contributed by atoms with E-state index in [0.29, 0.717) is 13.2 Å². The summed E-state index contributed by atoms with van der Waals surface area (Å²) in [6, 6.07) is 4.03. The molecule has 2 heterocycles. The number of hydrogen-bond acceptors (Lipinski definition) is 3. The van der Waals surface area contributed by atoms with Gasteiger partial charge in [0, 0.05) is 0 Å². The number of fused-ring (bicyclic) bond motifs is 1. The van der Waals surface area contributed by atoms with E-state index >= 15 is 0 Å². The summed E-state index contributed by atoms with van der Waals surface area (Å²) in [4.78, 5) is 0. The van der Waals surface area contributed by atoms with E-state index in [1.54, 1.807) is 0 Å². The fraction of sp³-hybridized carbons (Fsp3) is 0.400. The summed E-state index contributed by atoms with van der Waals surface area (Å²) in [5.41, 5.74) is 1.15. The van der Waals surface area contributed by atoms with Gasteiger partial charge in [-0.3, -0.25) is 0 Å². The first kappa shape index (κ1) is 8.56. The van der Waals surface area contributed by atoms with E-state index in [0.717, 1.165) is 28.1 Å². The van der Waals surface area contributed by atoms with Gasteiger partial charge in [0.1, 0.15) is 19.3 Å². The minimum atomic E-state index is 0.252. The van der Waals surface area contributed by atoms with Crippen molar-refractivity contribution >= 4 is 15.9 Å². The SMILES string of the molecule is Brc1cc([C@@H]2CO2)cc2c1OCCO2. The van der Waals surface area contributed by atoms with E-state index in [-0.39, 0.29) is 6.10 Å². The molecule has 1 saturated heterocycles. The predicted octanol–water partition coefficient (Wildman–Crippen LogP) is 2.29.